The lowest BCUT2D eigenvalue weighted by Crippen LogP contribution is -2.41. The second kappa shape index (κ2) is 6.00. The summed E-state index contributed by atoms with van der Waals surface area (Å²) in [5, 5.41) is 17.6. The molecule has 20 heavy (non-hydrogen) atoms. The normalized spacial score (nSPS) is 19.8. The molecule has 2 atom stereocenters. The van der Waals surface area contributed by atoms with Crippen molar-refractivity contribution in [1.82, 2.24) is 15.1 Å². The van der Waals surface area contributed by atoms with Crippen molar-refractivity contribution in [2.45, 2.75) is 45.4 Å². The number of nitrogens with zero attached hydrogens (tertiary/aromatic N) is 3. The van der Waals surface area contributed by atoms with Gasteiger partial charge in [-0.25, -0.2) is 0 Å². The summed E-state index contributed by atoms with van der Waals surface area (Å²) >= 11 is 0. The predicted octanol–water partition coefficient (Wildman–Crippen LogP) is 1.11. The van der Waals surface area contributed by atoms with Gasteiger partial charge >= 0.3 is 5.69 Å². The van der Waals surface area contributed by atoms with E-state index in [1.54, 1.807) is 6.92 Å². The van der Waals surface area contributed by atoms with E-state index in [4.69, 9.17) is 4.74 Å². The van der Waals surface area contributed by atoms with Crippen LogP contribution in [0.4, 0.5) is 5.69 Å². The van der Waals surface area contributed by atoms with Gasteiger partial charge in [0.1, 0.15) is 6.20 Å². The minimum absolute atomic E-state index is 0.0117. The highest BCUT2D eigenvalue weighted by atomic mass is 16.6. The first-order chi connectivity index (χ1) is 9.54. The Labute approximate surface area is 116 Å². The molecule has 1 aromatic heterocycles. The van der Waals surface area contributed by atoms with Gasteiger partial charge in [0.25, 0.3) is 5.91 Å². The molecule has 1 amide bonds. The van der Waals surface area contributed by atoms with Crippen LogP contribution in [0.15, 0.2) is 6.20 Å². The lowest BCUT2D eigenvalue weighted by molar-refractivity contribution is -0.385. The summed E-state index contributed by atoms with van der Waals surface area (Å²) in [4.78, 5) is 22.6. The van der Waals surface area contributed by atoms with Gasteiger partial charge in [-0.05, 0) is 26.7 Å². The Kier molecular flexibility index (Phi) is 4.33. The van der Waals surface area contributed by atoms with Gasteiger partial charge in [0.2, 0.25) is 5.69 Å². The highest BCUT2D eigenvalue weighted by Gasteiger charge is 2.30. The number of ether oxygens (including phenoxy) is 1. The number of carbonyl (C=O) groups excluding carboxylic acids is 1. The smallest absolute Gasteiger partial charge is 0.320 e. The molecule has 0 aromatic carbocycles. The van der Waals surface area contributed by atoms with Gasteiger partial charge in [0.15, 0.2) is 0 Å². The van der Waals surface area contributed by atoms with Crippen LogP contribution in [0.25, 0.3) is 0 Å². The molecule has 110 valence electrons. The summed E-state index contributed by atoms with van der Waals surface area (Å²) in [6, 6.07) is -0.190. The second-order valence-corrected chi connectivity index (χ2v) is 4.76. The molecule has 1 saturated heterocycles. The minimum Gasteiger partial charge on any atom is -0.376 e. The molecule has 1 aliphatic rings. The van der Waals surface area contributed by atoms with Gasteiger partial charge in [-0.1, -0.05) is 0 Å². The molecule has 2 unspecified atom stereocenters. The fraction of sp³-hybridized carbons (Fsp3) is 0.667. The van der Waals surface area contributed by atoms with Crippen molar-refractivity contribution in [3.05, 3.63) is 22.0 Å². The molecular formula is C12H18N4O4. The van der Waals surface area contributed by atoms with Crippen LogP contribution in [0, 0.1) is 10.1 Å². The van der Waals surface area contributed by atoms with E-state index in [0.29, 0.717) is 13.2 Å². The van der Waals surface area contributed by atoms with Gasteiger partial charge < -0.3 is 10.1 Å². The van der Waals surface area contributed by atoms with E-state index in [9.17, 15) is 14.9 Å². The topological polar surface area (TPSA) is 99.3 Å². The first-order valence-electron chi connectivity index (χ1n) is 6.67. The molecule has 0 spiro atoms. The molecule has 0 bridgehead atoms. The van der Waals surface area contributed by atoms with Crippen LogP contribution in [-0.4, -0.2) is 39.4 Å². The van der Waals surface area contributed by atoms with Crippen LogP contribution >= 0.6 is 0 Å². The van der Waals surface area contributed by atoms with Crippen LogP contribution in [0.1, 0.15) is 37.2 Å². The van der Waals surface area contributed by atoms with E-state index in [-0.39, 0.29) is 23.5 Å². The molecule has 0 radical (unpaired) electrons. The molecule has 1 aromatic rings. The third-order valence-electron chi connectivity index (χ3n) is 3.41. The van der Waals surface area contributed by atoms with Crippen molar-refractivity contribution in [3.8, 4) is 0 Å². The Bertz CT molecular complexity index is 508. The highest BCUT2D eigenvalue weighted by Crippen LogP contribution is 2.19. The lowest BCUT2D eigenvalue weighted by Gasteiger charge is -2.19. The Balaban J connectivity index is 2.15. The predicted molar refractivity (Wildman–Crippen MR) is 70.5 cm³/mol. The van der Waals surface area contributed by atoms with E-state index in [1.807, 2.05) is 6.92 Å². The fourth-order valence-electron chi connectivity index (χ4n) is 2.35. The first kappa shape index (κ1) is 14.4. The molecular weight excluding hydrogens is 264 g/mol. The van der Waals surface area contributed by atoms with E-state index in [0.717, 1.165) is 19.0 Å². The number of amides is 1. The molecule has 2 rings (SSSR count). The third kappa shape index (κ3) is 2.79. The maximum absolute atomic E-state index is 12.2. The van der Waals surface area contributed by atoms with E-state index in [2.05, 4.69) is 10.4 Å². The van der Waals surface area contributed by atoms with E-state index >= 15 is 0 Å². The molecule has 8 nitrogen and oxygen atoms in total. The molecule has 8 heteroatoms. The molecule has 1 N–H and O–H groups in total. The van der Waals surface area contributed by atoms with Crippen LogP contribution in [0.3, 0.4) is 0 Å². The average molecular weight is 282 g/mol. The maximum atomic E-state index is 12.2. The summed E-state index contributed by atoms with van der Waals surface area (Å²) in [7, 11) is 0. The van der Waals surface area contributed by atoms with Crippen LogP contribution in [0.2, 0.25) is 0 Å². The van der Waals surface area contributed by atoms with Gasteiger partial charge in [-0.3, -0.25) is 19.6 Å². The largest absolute Gasteiger partial charge is 0.376 e. The number of aryl methyl sites for hydroxylation is 1. The number of rotatable bonds is 5. The fourth-order valence-corrected chi connectivity index (χ4v) is 2.35. The Hall–Kier alpha value is -1.96. The number of nitro groups is 1. The summed E-state index contributed by atoms with van der Waals surface area (Å²) < 4.78 is 6.83. The van der Waals surface area contributed by atoms with Crippen molar-refractivity contribution >= 4 is 11.6 Å². The van der Waals surface area contributed by atoms with Crippen molar-refractivity contribution in [2.24, 2.45) is 0 Å². The van der Waals surface area contributed by atoms with Gasteiger partial charge in [-0.2, -0.15) is 5.10 Å². The third-order valence-corrected chi connectivity index (χ3v) is 3.41. The minimum atomic E-state index is -0.592. The van der Waals surface area contributed by atoms with Crippen LogP contribution in [-0.2, 0) is 11.3 Å². The summed E-state index contributed by atoms with van der Waals surface area (Å²) in [6.07, 6.45) is 2.93. The monoisotopic (exact) mass is 282 g/mol. The number of hydrogen-bond donors (Lipinski definition) is 1. The molecule has 0 saturated carbocycles. The number of nitrogens with one attached hydrogen (secondary N) is 1. The molecule has 1 aliphatic heterocycles. The quantitative estimate of drug-likeness (QED) is 0.644. The molecule has 1 fully saturated rings. The van der Waals surface area contributed by atoms with Crippen molar-refractivity contribution < 1.29 is 14.5 Å². The number of aromatic nitrogens is 2. The first-order valence-corrected chi connectivity index (χ1v) is 6.67. The summed E-state index contributed by atoms with van der Waals surface area (Å²) in [5.41, 5.74) is -0.286. The Morgan fingerprint density at radius 3 is 3.05 bits per heavy atom. The van der Waals surface area contributed by atoms with Crippen LogP contribution < -0.4 is 5.32 Å². The molecule has 2 heterocycles. The van der Waals surface area contributed by atoms with Gasteiger partial charge in [-0.15, -0.1) is 0 Å². The highest BCUT2D eigenvalue weighted by molar-refractivity contribution is 5.96. The van der Waals surface area contributed by atoms with Crippen molar-refractivity contribution in [2.75, 3.05) is 6.61 Å². The van der Waals surface area contributed by atoms with E-state index in [1.165, 1.54) is 4.68 Å². The summed E-state index contributed by atoms with van der Waals surface area (Å²) in [5.74, 6) is -0.487. The van der Waals surface area contributed by atoms with Crippen molar-refractivity contribution in [1.29, 1.82) is 0 Å². The molecule has 0 aliphatic carbocycles. The van der Waals surface area contributed by atoms with Crippen molar-refractivity contribution in [3.63, 3.8) is 0 Å². The zero-order valence-electron chi connectivity index (χ0n) is 11.5. The number of hydrogen-bond acceptors (Lipinski definition) is 5. The zero-order valence-corrected chi connectivity index (χ0v) is 11.5. The Morgan fingerprint density at radius 1 is 1.75 bits per heavy atom. The van der Waals surface area contributed by atoms with E-state index < -0.39 is 10.8 Å². The average Bonchev–Trinajstić information content (AvgIpc) is 3.07. The van der Waals surface area contributed by atoms with Crippen LogP contribution in [0.5, 0.6) is 0 Å². The summed E-state index contributed by atoms with van der Waals surface area (Å²) in [6.45, 7) is 4.70. The standard InChI is InChI=1S/C12H18N4O4/c1-3-15-11(9(7-13-15)16(18)19)12(17)14-8(2)10-5-4-6-20-10/h7-8,10H,3-6H2,1-2H3,(H,14,17). The van der Waals surface area contributed by atoms with Gasteiger partial charge in [0, 0.05) is 13.2 Å². The van der Waals surface area contributed by atoms with Gasteiger partial charge in [0.05, 0.1) is 17.1 Å². The number of carbonyl (C=O) groups is 1. The zero-order chi connectivity index (χ0) is 14.7. The lowest BCUT2D eigenvalue weighted by atomic mass is 10.1. The maximum Gasteiger partial charge on any atom is 0.320 e. The SMILES string of the molecule is CCn1ncc([N+](=O)[O-])c1C(=O)NC(C)C1CCCO1. The second-order valence-electron chi connectivity index (χ2n) is 4.76. The Morgan fingerprint density at radius 2 is 2.50 bits per heavy atom.